The zero-order chi connectivity index (χ0) is 20.4. The molecule has 3 atom stereocenters. The number of primary amides is 1. The minimum atomic E-state index is -1.61. The van der Waals surface area contributed by atoms with E-state index in [0.29, 0.717) is 0 Å². The van der Waals surface area contributed by atoms with Gasteiger partial charge in [-0.05, 0) is 5.92 Å². The van der Waals surface area contributed by atoms with Gasteiger partial charge in [0.15, 0.2) is 0 Å². The molecule has 0 saturated carbocycles. The molecule has 0 radical (unpaired) electrons. The molecule has 12 heteroatoms. The molecule has 0 heterocycles. The summed E-state index contributed by atoms with van der Waals surface area (Å²) < 4.78 is 0. The second-order valence-corrected chi connectivity index (χ2v) is 5.81. The molecule has 0 saturated heterocycles. The molecule has 0 aromatic heterocycles. The lowest BCUT2D eigenvalue weighted by molar-refractivity contribution is -0.144. The van der Waals surface area contributed by atoms with Gasteiger partial charge in [0.1, 0.15) is 18.1 Å². The minimum Gasteiger partial charge on any atom is -0.480 e. The van der Waals surface area contributed by atoms with Crippen LogP contribution in [-0.4, -0.2) is 71.1 Å². The summed E-state index contributed by atoms with van der Waals surface area (Å²) in [6.45, 7) is 2.11. The van der Waals surface area contributed by atoms with E-state index in [-0.39, 0.29) is 12.5 Å². The maximum Gasteiger partial charge on any atom is 0.326 e. The third kappa shape index (κ3) is 7.90. The second-order valence-electron chi connectivity index (χ2n) is 5.81. The molecule has 12 nitrogen and oxygen atoms in total. The van der Waals surface area contributed by atoms with Gasteiger partial charge in [0.25, 0.3) is 0 Å². The normalized spacial score (nSPS) is 14.0. The smallest absolute Gasteiger partial charge is 0.326 e. The van der Waals surface area contributed by atoms with E-state index in [4.69, 9.17) is 16.6 Å². The Hall–Kier alpha value is -2.73. The van der Waals surface area contributed by atoms with E-state index in [2.05, 4.69) is 10.6 Å². The Bertz CT molecular complexity index is 552. The van der Waals surface area contributed by atoms with Gasteiger partial charge in [-0.2, -0.15) is 0 Å². The van der Waals surface area contributed by atoms with Crippen LogP contribution in [0.25, 0.3) is 0 Å². The highest BCUT2D eigenvalue weighted by molar-refractivity contribution is 5.94. The molecule has 0 fully saturated rings. The van der Waals surface area contributed by atoms with Gasteiger partial charge in [0.2, 0.25) is 23.6 Å². The van der Waals surface area contributed by atoms with Crippen LogP contribution in [0.15, 0.2) is 0 Å². The number of hydrogen-bond acceptors (Lipinski definition) is 7. The molecule has 0 rings (SSSR count). The number of amides is 4. The summed E-state index contributed by atoms with van der Waals surface area (Å²) in [5.74, 6) is -5.19. The van der Waals surface area contributed by atoms with Crippen molar-refractivity contribution in [2.75, 3.05) is 13.2 Å². The van der Waals surface area contributed by atoms with E-state index in [0.717, 1.165) is 0 Å². The van der Waals surface area contributed by atoms with Crippen LogP contribution in [0.1, 0.15) is 20.3 Å². The van der Waals surface area contributed by atoms with E-state index in [1.807, 2.05) is 5.32 Å². The van der Waals surface area contributed by atoms with Crippen molar-refractivity contribution < 1.29 is 34.2 Å². The monoisotopic (exact) mass is 375 g/mol. The molecule has 9 N–H and O–H groups in total. The Labute approximate surface area is 149 Å². The molecule has 3 unspecified atom stereocenters. The highest BCUT2D eigenvalue weighted by Crippen LogP contribution is 2.03. The maximum atomic E-state index is 12.3. The number of aliphatic carboxylic acids is 1. The SMILES string of the molecule is CC(C)C(NC(=O)CN)C(=O)NC(CO)C(=O)NC(CC(N)=O)C(=O)O. The number of carbonyl (C=O) groups is 5. The van der Waals surface area contributed by atoms with Gasteiger partial charge in [-0.1, -0.05) is 13.8 Å². The van der Waals surface area contributed by atoms with E-state index in [9.17, 15) is 29.1 Å². The Morgan fingerprint density at radius 2 is 1.50 bits per heavy atom. The zero-order valence-electron chi connectivity index (χ0n) is 14.5. The fraction of sp³-hybridized carbons (Fsp3) is 0.643. The number of hydrogen-bond donors (Lipinski definition) is 7. The number of aliphatic hydroxyl groups is 1. The molecule has 0 aliphatic carbocycles. The number of carboxylic acids is 1. The van der Waals surface area contributed by atoms with Crippen LogP contribution < -0.4 is 27.4 Å². The first-order valence-corrected chi connectivity index (χ1v) is 7.75. The van der Waals surface area contributed by atoms with Crippen LogP contribution in [0, 0.1) is 5.92 Å². The van der Waals surface area contributed by atoms with Crippen molar-refractivity contribution >= 4 is 29.6 Å². The Balaban J connectivity index is 5.06. The number of nitrogens with one attached hydrogen (secondary N) is 3. The van der Waals surface area contributed by atoms with Gasteiger partial charge >= 0.3 is 5.97 Å². The summed E-state index contributed by atoms with van der Waals surface area (Å²) in [7, 11) is 0. The van der Waals surface area contributed by atoms with Crippen LogP contribution >= 0.6 is 0 Å². The lowest BCUT2D eigenvalue weighted by Gasteiger charge is -2.25. The standard InChI is InChI=1S/C14H25N5O7/c1-6(2)11(19-10(22)4-15)13(24)18-8(5-20)12(23)17-7(14(25)26)3-9(16)21/h6-8,11,20H,3-5,15H2,1-2H3,(H2,16,21)(H,17,23)(H,18,24)(H,19,22)(H,25,26). The van der Waals surface area contributed by atoms with Crippen molar-refractivity contribution in [1.82, 2.24) is 16.0 Å². The summed E-state index contributed by atoms with van der Waals surface area (Å²) in [6.07, 6.45) is -0.658. The summed E-state index contributed by atoms with van der Waals surface area (Å²) in [6, 6.07) is -4.12. The fourth-order valence-electron chi connectivity index (χ4n) is 1.90. The van der Waals surface area contributed by atoms with E-state index in [1.165, 1.54) is 0 Å². The Morgan fingerprint density at radius 3 is 1.88 bits per heavy atom. The van der Waals surface area contributed by atoms with Crippen molar-refractivity contribution in [3.63, 3.8) is 0 Å². The molecule has 0 bridgehead atoms. The van der Waals surface area contributed by atoms with Crippen LogP contribution in [0.3, 0.4) is 0 Å². The predicted molar refractivity (Wildman–Crippen MR) is 88.2 cm³/mol. The molecule has 26 heavy (non-hydrogen) atoms. The molecule has 0 aromatic carbocycles. The average Bonchev–Trinajstić information content (AvgIpc) is 2.55. The highest BCUT2D eigenvalue weighted by Gasteiger charge is 2.30. The molecule has 0 spiro atoms. The van der Waals surface area contributed by atoms with Crippen molar-refractivity contribution in [2.45, 2.75) is 38.4 Å². The fourth-order valence-corrected chi connectivity index (χ4v) is 1.90. The quantitative estimate of drug-likeness (QED) is 0.188. The molecule has 4 amide bonds. The van der Waals surface area contributed by atoms with Gasteiger partial charge in [0, 0.05) is 0 Å². The molecular formula is C14H25N5O7. The molecule has 148 valence electrons. The third-order valence-electron chi connectivity index (χ3n) is 3.29. The van der Waals surface area contributed by atoms with E-state index < -0.39 is 60.8 Å². The number of rotatable bonds is 11. The number of nitrogens with two attached hydrogens (primary N) is 2. The van der Waals surface area contributed by atoms with Crippen molar-refractivity contribution in [3.05, 3.63) is 0 Å². The van der Waals surface area contributed by atoms with E-state index in [1.54, 1.807) is 13.8 Å². The zero-order valence-corrected chi connectivity index (χ0v) is 14.5. The Kier molecular flexibility index (Phi) is 9.84. The van der Waals surface area contributed by atoms with Crippen LogP contribution in [0.4, 0.5) is 0 Å². The first-order valence-electron chi connectivity index (χ1n) is 7.75. The summed E-state index contributed by atoms with van der Waals surface area (Å²) in [5.41, 5.74) is 10.1. The summed E-state index contributed by atoms with van der Waals surface area (Å²) >= 11 is 0. The van der Waals surface area contributed by atoms with Crippen molar-refractivity contribution in [3.8, 4) is 0 Å². The van der Waals surface area contributed by atoms with Crippen molar-refractivity contribution in [1.29, 1.82) is 0 Å². The van der Waals surface area contributed by atoms with Crippen molar-refractivity contribution in [2.24, 2.45) is 17.4 Å². The summed E-state index contributed by atoms with van der Waals surface area (Å²) in [4.78, 5) is 57.6. The topological polar surface area (TPSA) is 214 Å². The average molecular weight is 375 g/mol. The molecule has 0 aliphatic rings. The van der Waals surface area contributed by atoms with Crippen LogP contribution in [0.2, 0.25) is 0 Å². The Morgan fingerprint density at radius 1 is 0.962 bits per heavy atom. The molecular weight excluding hydrogens is 350 g/mol. The van der Waals surface area contributed by atoms with Gasteiger partial charge in [-0.3, -0.25) is 19.2 Å². The van der Waals surface area contributed by atoms with Gasteiger partial charge < -0.3 is 37.6 Å². The molecule has 0 aromatic rings. The van der Waals surface area contributed by atoms with Crippen LogP contribution in [0.5, 0.6) is 0 Å². The lowest BCUT2D eigenvalue weighted by atomic mass is 10.0. The second kappa shape index (κ2) is 11.0. The number of carbonyl (C=O) groups excluding carboxylic acids is 4. The third-order valence-corrected chi connectivity index (χ3v) is 3.29. The van der Waals surface area contributed by atoms with Gasteiger partial charge in [-0.15, -0.1) is 0 Å². The predicted octanol–water partition coefficient (Wildman–Crippen LogP) is -3.99. The summed E-state index contributed by atoms with van der Waals surface area (Å²) in [5, 5.41) is 24.9. The minimum absolute atomic E-state index is 0.339. The lowest BCUT2D eigenvalue weighted by Crippen LogP contribution is -2.58. The highest BCUT2D eigenvalue weighted by atomic mass is 16.4. The first-order chi connectivity index (χ1) is 12.0. The van der Waals surface area contributed by atoms with Gasteiger partial charge in [-0.25, -0.2) is 4.79 Å². The van der Waals surface area contributed by atoms with Crippen LogP contribution in [-0.2, 0) is 24.0 Å². The first kappa shape index (κ1) is 23.3. The largest absolute Gasteiger partial charge is 0.480 e. The number of carboxylic acid groups (broad SMARTS) is 1. The van der Waals surface area contributed by atoms with Gasteiger partial charge in [0.05, 0.1) is 19.6 Å². The molecule has 0 aliphatic heterocycles. The number of aliphatic hydroxyl groups excluding tert-OH is 1. The van der Waals surface area contributed by atoms with E-state index >= 15 is 0 Å². The maximum absolute atomic E-state index is 12.3.